The number of hydrogen-bond donors (Lipinski definition) is 1. The molecule has 0 bridgehead atoms. The predicted molar refractivity (Wildman–Crippen MR) is 101 cm³/mol. The molecule has 6 nitrogen and oxygen atoms in total. The van der Waals surface area contributed by atoms with Gasteiger partial charge in [0.25, 0.3) is 5.91 Å². The van der Waals surface area contributed by atoms with Gasteiger partial charge in [0, 0.05) is 5.56 Å². The van der Waals surface area contributed by atoms with E-state index in [2.05, 4.69) is 17.1 Å². The van der Waals surface area contributed by atoms with Crippen LogP contribution in [-0.2, 0) is 0 Å². The van der Waals surface area contributed by atoms with Gasteiger partial charge in [-0.25, -0.2) is 5.43 Å². The number of hydrogen-bond acceptors (Lipinski definition) is 5. The molecule has 0 atom stereocenters. The Kier molecular flexibility index (Phi) is 7.24. The molecule has 2 rings (SSSR count). The van der Waals surface area contributed by atoms with E-state index in [-0.39, 0.29) is 5.91 Å². The minimum absolute atomic E-state index is 0.306. The number of nitrogens with one attached hydrogen (secondary N) is 1. The topological polar surface area (TPSA) is 69.2 Å². The Morgan fingerprint density at radius 1 is 1.15 bits per heavy atom. The highest BCUT2D eigenvalue weighted by atomic mass is 16.5. The van der Waals surface area contributed by atoms with Crippen LogP contribution in [0.4, 0.5) is 0 Å². The smallest absolute Gasteiger partial charge is 0.271 e. The number of ether oxygens (including phenoxy) is 3. The molecule has 0 radical (unpaired) electrons. The summed E-state index contributed by atoms with van der Waals surface area (Å²) in [5, 5.41) is 3.99. The average Bonchev–Trinajstić information content (AvgIpc) is 2.67. The molecule has 1 N–H and O–H groups in total. The summed E-state index contributed by atoms with van der Waals surface area (Å²) in [5.74, 6) is 1.62. The molecule has 0 aliphatic carbocycles. The highest BCUT2D eigenvalue weighted by Crippen LogP contribution is 2.28. The molecule has 6 heteroatoms. The summed E-state index contributed by atoms with van der Waals surface area (Å²) in [4.78, 5) is 12.1. The van der Waals surface area contributed by atoms with Crippen molar-refractivity contribution in [1.82, 2.24) is 5.43 Å². The van der Waals surface area contributed by atoms with Crippen molar-refractivity contribution in [3.8, 4) is 17.2 Å². The summed E-state index contributed by atoms with van der Waals surface area (Å²) in [7, 11) is 1.57. The lowest BCUT2D eigenvalue weighted by molar-refractivity contribution is 0.0955. The van der Waals surface area contributed by atoms with Gasteiger partial charge < -0.3 is 14.2 Å². The molecule has 2 aromatic carbocycles. The van der Waals surface area contributed by atoms with Gasteiger partial charge in [0.15, 0.2) is 11.5 Å². The van der Waals surface area contributed by atoms with Crippen LogP contribution in [0.25, 0.3) is 0 Å². The third-order valence-corrected chi connectivity index (χ3v) is 3.36. The summed E-state index contributed by atoms with van der Waals surface area (Å²) < 4.78 is 16.2. The van der Waals surface area contributed by atoms with Crippen molar-refractivity contribution in [1.29, 1.82) is 0 Å². The zero-order valence-electron chi connectivity index (χ0n) is 14.9. The molecule has 0 unspecified atom stereocenters. The van der Waals surface area contributed by atoms with E-state index in [0.717, 1.165) is 5.56 Å². The second kappa shape index (κ2) is 9.88. The molecule has 0 aliphatic rings. The van der Waals surface area contributed by atoms with E-state index in [1.807, 2.05) is 13.0 Å². The fourth-order valence-corrected chi connectivity index (χ4v) is 2.11. The van der Waals surface area contributed by atoms with Gasteiger partial charge >= 0.3 is 0 Å². The highest BCUT2D eigenvalue weighted by molar-refractivity contribution is 5.95. The minimum Gasteiger partial charge on any atom is -0.497 e. The van der Waals surface area contributed by atoms with E-state index in [1.165, 1.54) is 0 Å². The number of amides is 1. The van der Waals surface area contributed by atoms with E-state index in [0.29, 0.717) is 36.0 Å². The second-order valence-corrected chi connectivity index (χ2v) is 5.17. The molecule has 0 spiro atoms. The van der Waals surface area contributed by atoms with Crippen LogP contribution in [0.2, 0.25) is 0 Å². The number of carbonyl (C=O) groups is 1. The molecular formula is C20H22N2O4. The van der Waals surface area contributed by atoms with Crippen molar-refractivity contribution in [2.75, 3.05) is 20.3 Å². The van der Waals surface area contributed by atoms with Gasteiger partial charge in [0.2, 0.25) is 0 Å². The molecule has 136 valence electrons. The van der Waals surface area contributed by atoms with Crippen molar-refractivity contribution in [2.24, 2.45) is 5.10 Å². The molecule has 26 heavy (non-hydrogen) atoms. The molecule has 0 aromatic heterocycles. The van der Waals surface area contributed by atoms with Gasteiger partial charge in [-0.1, -0.05) is 12.7 Å². The summed E-state index contributed by atoms with van der Waals surface area (Å²) in [5.41, 5.74) is 3.75. The standard InChI is InChI=1S/C20H22N2O4/c1-4-12-26-18-11-6-15(13-19(18)25-5-2)14-21-22-20(23)16-7-9-17(24-3)10-8-16/h4,6-11,13-14H,1,5,12H2,2-3H3,(H,22,23)/b21-14-. The third kappa shape index (κ3) is 5.37. The molecule has 0 fully saturated rings. The van der Waals surface area contributed by atoms with Gasteiger partial charge in [-0.05, 0) is 55.0 Å². The van der Waals surface area contributed by atoms with Crippen LogP contribution >= 0.6 is 0 Å². The van der Waals surface area contributed by atoms with E-state index in [1.54, 1.807) is 55.8 Å². The lowest BCUT2D eigenvalue weighted by atomic mass is 10.2. The van der Waals surface area contributed by atoms with E-state index in [9.17, 15) is 4.79 Å². The SMILES string of the molecule is C=CCOc1ccc(/C=N\NC(=O)c2ccc(OC)cc2)cc1OCC. The fraction of sp³-hybridized carbons (Fsp3) is 0.200. The summed E-state index contributed by atoms with van der Waals surface area (Å²) >= 11 is 0. The van der Waals surface area contributed by atoms with Crippen LogP contribution in [-0.4, -0.2) is 32.4 Å². The maximum Gasteiger partial charge on any atom is 0.271 e. The Balaban J connectivity index is 2.03. The summed E-state index contributed by atoms with van der Waals surface area (Å²) in [6.07, 6.45) is 3.21. The van der Waals surface area contributed by atoms with Crippen molar-refractivity contribution in [3.05, 3.63) is 66.2 Å². The molecule has 0 saturated heterocycles. The lowest BCUT2D eigenvalue weighted by Crippen LogP contribution is -2.17. The van der Waals surface area contributed by atoms with Crippen molar-refractivity contribution in [2.45, 2.75) is 6.92 Å². The zero-order chi connectivity index (χ0) is 18.8. The Morgan fingerprint density at radius 3 is 2.58 bits per heavy atom. The Bertz CT molecular complexity index is 770. The molecule has 1 amide bonds. The molecule has 2 aromatic rings. The van der Waals surface area contributed by atoms with Gasteiger partial charge in [-0.2, -0.15) is 5.10 Å². The average molecular weight is 354 g/mol. The molecule has 0 aliphatic heterocycles. The van der Waals surface area contributed by atoms with Crippen LogP contribution in [0.3, 0.4) is 0 Å². The number of benzene rings is 2. The number of hydrazone groups is 1. The molecular weight excluding hydrogens is 332 g/mol. The van der Waals surface area contributed by atoms with E-state index < -0.39 is 0 Å². The largest absolute Gasteiger partial charge is 0.497 e. The van der Waals surface area contributed by atoms with Crippen molar-refractivity contribution in [3.63, 3.8) is 0 Å². The Morgan fingerprint density at radius 2 is 1.92 bits per heavy atom. The predicted octanol–water partition coefficient (Wildman–Crippen LogP) is 3.42. The van der Waals surface area contributed by atoms with Gasteiger partial charge in [0.05, 0.1) is 19.9 Å². The van der Waals surface area contributed by atoms with Crippen molar-refractivity contribution >= 4 is 12.1 Å². The quantitative estimate of drug-likeness (QED) is 0.426. The van der Waals surface area contributed by atoms with E-state index >= 15 is 0 Å². The van der Waals surface area contributed by atoms with Crippen LogP contribution in [0.1, 0.15) is 22.8 Å². The molecule has 0 heterocycles. The number of methoxy groups -OCH3 is 1. The van der Waals surface area contributed by atoms with Crippen LogP contribution in [0, 0.1) is 0 Å². The maximum absolute atomic E-state index is 12.1. The number of nitrogens with zero attached hydrogens (tertiary/aromatic N) is 1. The number of rotatable bonds is 9. The van der Waals surface area contributed by atoms with Gasteiger partial charge in [-0.3, -0.25) is 4.79 Å². The fourth-order valence-electron chi connectivity index (χ4n) is 2.11. The normalized spacial score (nSPS) is 10.4. The summed E-state index contributed by atoms with van der Waals surface area (Å²) in [6.45, 7) is 6.43. The van der Waals surface area contributed by atoms with Crippen LogP contribution in [0.15, 0.2) is 60.2 Å². The zero-order valence-corrected chi connectivity index (χ0v) is 14.9. The monoisotopic (exact) mass is 354 g/mol. The van der Waals surface area contributed by atoms with Gasteiger partial charge in [-0.15, -0.1) is 0 Å². The van der Waals surface area contributed by atoms with Gasteiger partial charge in [0.1, 0.15) is 12.4 Å². The first-order valence-electron chi connectivity index (χ1n) is 8.16. The minimum atomic E-state index is -0.306. The maximum atomic E-state index is 12.1. The Labute approximate surface area is 153 Å². The van der Waals surface area contributed by atoms with Crippen LogP contribution < -0.4 is 19.6 Å². The first-order valence-corrected chi connectivity index (χ1v) is 8.16. The Hall–Kier alpha value is -3.28. The third-order valence-electron chi connectivity index (χ3n) is 3.36. The number of carbonyl (C=O) groups excluding carboxylic acids is 1. The van der Waals surface area contributed by atoms with Crippen molar-refractivity contribution < 1.29 is 19.0 Å². The lowest BCUT2D eigenvalue weighted by Gasteiger charge is -2.11. The first-order chi connectivity index (χ1) is 12.7. The summed E-state index contributed by atoms with van der Waals surface area (Å²) in [6, 6.07) is 12.2. The first kappa shape index (κ1) is 19.1. The molecule has 0 saturated carbocycles. The highest BCUT2D eigenvalue weighted by Gasteiger charge is 2.06. The van der Waals surface area contributed by atoms with E-state index in [4.69, 9.17) is 14.2 Å². The van der Waals surface area contributed by atoms with Crippen LogP contribution in [0.5, 0.6) is 17.2 Å². The second-order valence-electron chi connectivity index (χ2n) is 5.17.